The molecule has 1 heterocycles. The van der Waals surface area contributed by atoms with Gasteiger partial charge in [0.25, 0.3) is 5.91 Å². The zero-order chi connectivity index (χ0) is 14.4. The summed E-state index contributed by atoms with van der Waals surface area (Å²) in [7, 11) is 1.96. The summed E-state index contributed by atoms with van der Waals surface area (Å²) in [5.74, 6) is -0.196. The van der Waals surface area contributed by atoms with Crippen LogP contribution in [0, 0.1) is 0 Å². The van der Waals surface area contributed by atoms with Gasteiger partial charge in [0.1, 0.15) is 5.69 Å². The Morgan fingerprint density at radius 1 is 1.25 bits per heavy atom. The minimum Gasteiger partial charge on any atom is -0.347 e. The average Bonchev–Trinajstić information content (AvgIpc) is 2.53. The molecule has 0 bridgehead atoms. The number of aromatic nitrogens is 1. The fraction of sp³-hybridized carbons (Fsp3) is 0.125. The van der Waals surface area contributed by atoms with Crippen LogP contribution in [0.1, 0.15) is 10.5 Å². The van der Waals surface area contributed by atoms with Gasteiger partial charge in [-0.2, -0.15) is 0 Å². The van der Waals surface area contributed by atoms with E-state index in [9.17, 15) is 4.79 Å². The van der Waals surface area contributed by atoms with E-state index in [1.54, 1.807) is 18.3 Å². The lowest BCUT2D eigenvalue weighted by Crippen LogP contribution is -2.24. The number of nitrogens with zero attached hydrogens (tertiary/aromatic N) is 2. The number of hydrogen-bond donors (Lipinski definition) is 1. The van der Waals surface area contributed by atoms with Crippen LogP contribution >= 0.6 is 0 Å². The Hall–Kier alpha value is -2.62. The molecule has 1 aromatic carbocycles. The summed E-state index contributed by atoms with van der Waals surface area (Å²) in [6.45, 7) is 3.99. The van der Waals surface area contributed by atoms with E-state index in [2.05, 4.69) is 16.9 Å². The van der Waals surface area contributed by atoms with Crippen LogP contribution in [0.5, 0.6) is 0 Å². The second-order valence-electron chi connectivity index (χ2n) is 4.29. The number of carbonyl (C=O) groups is 1. The van der Waals surface area contributed by atoms with E-state index < -0.39 is 0 Å². The highest BCUT2D eigenvalue weighted by Gasteiger charge is 2.08. The normalized spacial score (nSPS) is 9.85. The molecule has 2 aromatic rings. The molecule has 0 aliphatic heterocycles. The molecule has 0 atom stereocenters. The van der Waals surface area contributed by atoms with Crippen molar-refractivity contribution in [2.45, 2.75) is 0 Å². The van der Waals surface area contributed by atoms with Crippen molar-refractivity contribution in [1.29, 1.82) is 0 Å². The Labute approximate surface area is 118 Å². The highest BCUT2D eigenvalue weighted by atomic mass is 16.1. The molecule has 0 aliphatic carbocycles. The first kappa shape index (κ1) is 13.8. The molecule has 1 amide bonds. The molecule has 0 fully saturated rings. The molecule has 0 saturated carbocycles. The highest BCUT2D eigenvalue weighted by molar-refractivity contribution is 5.92. The molecule has 0 radical (unpaired) electrons. The standard InChI is InChI=1S/C16H17N3O/c1-3-11-17-16(20)15-10-9-14(12-18-15)19(2)13-7-5-4-6-8-13/h3-10,12H,1,11H2,2H3,(H,17,20). The molecule has 102 valence electrons. The van der Waals surface area contributed by atoms with Gasteiger partial charge in [-0.05, 0) is 24.3 Å². The molecule has 2 rings (SSSR count). The van der Waals surface area contributed by atoms with Gasteiger partial charge < -0.3 is 10.2 Å². The number of rotatable bonds is 5. The molecule has 4 heteroatoms. The summed E-state index contributed by atoms with van der Waals surface area (Å²) in [6.07, 6.45) is 3.32. The number of para-hydroxylation sites is 1. The minimum atomic E-state index is -0.196. The number of carbonyl (C=O) groups excluding carboxylic acids is 1. The molecule has 1 aromatic heterocycles. The van der Waals surface area contributed by atoms with Gasteiger partial charge in [0.15, 0.2) is 0 Å². The molecule has 0 saturated heterocycles. The van der Waals surface area contributed by atoms with Gasteiger partial charge in [-0.15, -0.1) is 6.58 Å². The number of amides is 1. The van der Waals surface area contributed by atoms with Crippen LogP contribution < -0.4 is 10.2 Å². The summed E-state index contributed by atoms with van der Waals surface area (Å²) in [5.41, 5.74) is 2.40. The molecule has 20 heavy (non-hydrogen) atoms. The summed E-state index contributed by atoms with van der Waals surface area (Å²) in [6, 6.07) is 13.6. The van der Waals surface area contributed by atoms with Crippen molar-refractivity contribution >= 4 is 17.3 Å². The second-order valence-corrected chi connectivity index (χ2v) is 4.29. The average molecular weight is 267 g/mol. The maximum Gasteiger partial charge on any atom is 0.270 e. The molecule has 4 nitrogen and oxygen atoms in total. The number of benzene rings is 1. The fourth-order valence-corrected chi connectivity index (χ4v) is 1.77. The van der Waals surface area contributed by atoms with Crippen molar-refractivity contribution in [3.8, 4) is 0 Å². The maximum absolute atomic E-state index is 11.7. The van der Waals surface area contributed by atoms with Crippen LogP contribution in [0.25, 0.3) is 0 Å². The van der Waals surface area contributed by atoms with E-state index in [1.807, 2.05) is 48.3 Å². The maximum atomic E-state index is 11.7. The molecule has 0 spiro atoms. The van der Waals surface area contributed by atoms with E-state index >= 15 is 0 Å². The number of nitrogens with one attached hydrogen (secondary N) is 1. The van der Waals surface area contributed by atoms with Gasteiger partial charge in [-0.3, -0.25) is 4.79 Å². The lowest BCUT2D eigenvalue weighted by Gasteiger charge is -2.19. The molecule has 0 aliphatic rings. The van der Waals surface area contributed by atoms with Crippen molar-refractivity contribution in [1.82, 2.24) is 10.3 Å². The minimum absolute atomic E-state index is 0.196. The topological polar surface area (TPSA) is 45.2 Å². The summed E-state index contributed by atoms with van der Waals surface area (Å²) >= 11 is 0. The van der Waals surface area contributed by atoms with Gasteiger partial charge in [-0.25, -0.2) is 4.98 Å². The smallest absolute Gasteiger partial charge is 0.270 e. The molecular weight excluding hydrogens is 250 g/mol. The van der Waals surface area contributed by atoms with Crippen LogP contribution in [0.15, 0.2) is 61.3 Å². The van der Waals surface area contributed by atoms with Crippen molar-refractivity contribution in [2.24, 2.45) is 0 Å². The van der Waals surface area contributed by atoms with E-state index in [1.165, 1.54) is 0 Å². The van der Waals surface area contributed by atoms with Crippen molar-refractivity contribution in [3.63, 3.8) is 0 Å². The first-order valence-electron chi connectivity index (χ1n) is 6.36. The lowest BCUT2D eigenvalue weighted by atomic mass is 10.2. The van der Waals surface area contributed by atoms with Gasteiger partial charge in [0.2, 0.25) is 0 Å². The van der Waals surface area contributed by atoms with Crippen LogP contribution in [0.4, 0.5) is 11.4 Å². The lowest BCUT2D eigenvalue weighted by molar-refractivity contribution is 0.0953. The Bertz CT molecular complexity index is 578. The quantitative estimate of drug-likeness (QED) is 0.847. The van der Waals surface area contributed by atoms with Crippen LogP contribution in [0.3, 0.4) is 0 Å². The second kappa shape index (κ2) is 6.52. The largest absolute Gasteiger partial charge is 0.347 e. The van der Waals surface area contributed by atoms with E-state index in [0.29, 0.717) is 12.2 Å². The Kier molecular flexibility index (Phi) is 4.50. The summed E-state index contributed by atoms with van der Waals surface area (Å²) in [4.78, 5) is 17.9. The van der Waals surface area contributed by atoms with Crippen molar-refractivity contribution < 1.29 is 4.79 Å². The number of pyridine rings is 1. The highest BCUT2D eigenvalue weighted by Crippen LogP contribution is 2.22. The first-order chi connectivity index (χ1) is 9.72. The van der Waals surface area contributed by atoms with E-state index in [4.69, 9.17) is 0 Å². The van der Waals surface area contributed by atoms with Crippen LogP contribution in [-0.2, 0) is 0 Å². The molecular formula is C16H17N3O. The van der Waals surface area contributed by atoms with Crippen LogP contribution in [0.2, 0.25) is 0 Å². The van der Waals surface area contributed by atoms with Crippen LogP contribution in [-0.4, -0.2) is 24.5 Å². The van der Waals surface area contributed by atoms with Gasteiger partial charge in [0, 0.05) is 19.3 Å². The molecule has 1 N–H and O–H groups in total. The first-order valence-corrected chi connectivity index (χ1v) is 6.36. The summed E-state index contributed by atoms with van der Waals surface area (Å²) in [5, 5.41) is 2.70. The third-order valence-corrected chi connectivity index (χ3v) is 2.92. The molecule has 0 unspecified atom stereocenters. The fourth-order valence-electron chi connectivity index (χ4n) is 1.77. The SMILES string of the molecule is C=CCNC(=O)c1ccc(N(C)c2ccccc2)cn1. The van der Waals surface area contributed by atoms with Gasteiger partial charge in [0.05, 0.1) is 11.9 Å². The summed E-state index contributed by atoms with van der Waals surface area (Å²) < 4.78 is 0. The van der Waals surface area contributed by atoms with Crippen molar-refractivity contribution in [3.05, 3.63) is 67.0 Å². The van der Waals surface area contributed by atoms with Gasteiger partial charge in [-0.1, -0.05) is 24.3 Å². The monoisotopic (exact) mass is 267 g/mol. The predicted molar refractivity (Wildman–Crippen MR) is 81.3 cm³/mol. The van der Waals surface area contributed by atoms with Gasteiger partial charge >= 0.3 is 0 Å². The Balaban J connectivity index is 2.12. The zero-order valence-electron chi connectivity index (χ0n) is 11.4. The Morgan fingerprint density at radius 3 is 2.60 bits per heavy atom. The number of hydrogen-bond acceptors (Lipinski definition) is 3. The number of anilines is 2. The van der Waals surface area contributed by atoms with E-state index in [-0.39, 0.29) is 5.91 Å². The van der Waals surface area contributed by atoms with Crippen molar-refractivity contribution in [2.75, 3.05) is 18.5 Å². The zero-order valence-corrected chi connectivity index (χ0v) is 11.4. The van der Waals surface area contributed by atoms with E-state index in [0.717, 1.165) is 11.4 Å². The third kappa shape index (κ3) is 3.23. The Morgan fingerprint density at radius 2 is 2.00 bits per heavy atom. The third-order valence-electron chi connectivity index (χ3n) is 2.92. The predicted octanol–water partition coefficient (Wildman–Crippen LogP) is 2.77.